The van der Waals surface area contributed by atoms with Crippen LogP contribution in [0.25, 0.3) is 0 Å². The Kier molecular flexibility index (Phi) is 3.42. The summed E-state index contributed by atoms with van der Waals surface area (Å²) in [6.07, 6.45) is -2.25. The van der Waals surface area contributed by atoms with E-state index in [2.05, 4.69) is 5.32 Å². The van der Waals surface area contributed by atoms with Crippen LogP contribution in [0.2, 0.25) is 0 Å². The average molecular weight is 237 g/mol. The number of aliphatic carboxylic acids is 1. The number of benzene rings is 1. The van der Waals surface area contributed by atoms with E-state index in [9.17, 15) is 15.0 Å². The maximum atomic E-state index is 10.6. The summed E-state index contributed by atoms with van der Waals surface area (Å²) in [6.45, 7) is 1.63. The van der Waals surface area contributed by atoms with Gasteiger partial charge >= 0.3 is 5.97 Å². The molecule has 1 heterocycles. The molecule has 92 valence electrons. The van der Waals surface area contributed by atoms with Gasteiger partial charge in [-0.05, 0) is 29.7 Å². The number of aliphatic hydroxyl groups excluding tert-OH is 2. The SMILES string of the molecule is O=C(O)C(O)C(O)c1ccc2c(c1)CNCC2. The molecule has 0 fully saturated rings. The fourth-order valence-corrected chi connectivity index (χ4v) is 2.00. The lowest BCUT2D eigenvalue weighted by molar-refractivity contribution is -0.153. The molecule has 0 saturated heterocycles. The fourth-order valence-electron chi connectivity index (χ4n) is 2.00. The lowest BCUT2D eigenvalue weighted by Crippen LogP contribution is -2.28. The van der Waals surface area contributed by atoms with Gasteiger partial charge < -0.3 is 20.6 Å². The molecule has 1 aromatic carbocycles. The largest absolute Gasteiger partial charge is 0.479 e. The summed E-state index contributed by atoms with van der Waals surface area (Å²) in [5.74, 6) is -1.42. The van der Waals surface area contributed by atoms with Crippen molar-refractivity contribution in [1.82, 2.24) is 5.32 Å². The highest BCUT2D eigenvalue weighted by molar-refractivity contribution is 5.73. The van der Waals surface area contributed by atoms with E-state index in [1.165, 1.54) is 5.56 Å². The number of fused-ring (bicyclic) bond motifs is 1. The molecular weight excluding hydrogens is 222 g/mol. The minimum atomic E-state index is -1.79. The first-order valence-electron chi connectivity index (χ1n) is 5.51. The van der Waals surface area contributed by atoms with Crippen molar-refractivity contribution in [3.05, 3.63) is 34.9 Å². The van der Waals surface area contributed by atoms with Gasteiger partial charge in [-0.2, -0.15) is 0 Å². The summed E-state index contributed by atoms with van der Waals surface area (Å²) in [5, 5.41) is 30.8. The highest BCUT2D eigenvalue weighted by Crippen LogP contribution is 2.22. The molecular formula is C12H15NO4. The van der Waals surface area contributed by atoms with Gasteiger partial charge in [-0.1, -0.05) is 18.2 Å². The number of aliphatic hydroxyl groups is 2. The molecule has 17 heavy (non-hydrogen) atoms. The van der Waals surface area contributed by atoms with Gasteiger partial charge in [0.25, 0.3) is 0 Å². The minimum absolute atomic E-state index is 0.433. The molecule has 0 bridgehead atoms. The molecule has 4 N–H and O–H groups in total. The maximum Gasteiger partial charge on any atom is 0.335 e. The van der Waals surface area contributed by atoms with Crippen molar-refractivity contribution in [2.75, 3.05) is 6.54 Å². The summed E-state index contributed by atoms with van der Waals surface area (Å²) in [6, 6.07) is 5.29. The number of carboxylic acid groups (broad SMARTS) is 1. The van der Waals surface area contributed by atoms with Crippen LogP contribution in [0.5, 0.6) is 0 Å². The third kappa shape index (κ3) is 2.46. The van der Waals surface area contributed by atoms with Crippen molar-refractivity contribution in [2.45, 2.75) is 25.2 Å². The van der Waals surface area contributed by atoms with Gasteiger partial charge in [0.05, 0.1) is 0 Å². The van der Waals surface area contributed by atoms with Crippen molar-refractivity contribution in [3.63, 3.8) is 0 Å². The van der Waals surface area contributed by atoms with Crippen LogP contribution in [0.4, 0.5) is 0 Å². The normalized spacial score (nSPS) is 18.2. The molecule has 1 aliphatic heterocycles. The van der Waals surface area contributed by atoms with Crippen LogP contribution in [-0.2, 0) is 17.8 Å². The van der Waals surface area contributed by atoms with E-state index in [1.807, 2.05) is 6.07 Å². The molecule has 1 aliphatic rings. The van der Waals surface area contributed by atoms with E-state index in [1.54, 1.807) is 12.1 Å². The van der Waals surface area contributed by atoms with Crippen molar-refractivity contribution < 1.29 is 20.1 Å². The second kappa shape index (κ2) is 4.83. The van der Waals surface area contributed by atoms with Crippen molar-refractivity contribution >= 4 is 5.97 Å². The van der Waals surface area contributed by atoms with Gasteiger partial charge in [0.2, 0.25) is 0 Å². The summed E-state index contributed by atoms with van der Waals surface area (Å²) < 4.78 is 0. The number of hydrogen-bond acceptors (Lipinski definition) is 4. The van der Waals surface area contributed by atoms with Crippen LogP contribution in [0.3, 0.4) is 0 Å². The first-order valence-corrected chi connectivity index (χ1v) is 5.51. The van der Waals surface area contributed by atoms with Gasteiger partial charge in [0.1, 0.15) is 6.10 Å². The molecule has 1 aromatic rings. The van der Waals surface area contributed by atoms with E-state index in [0.717, 1.165) is 18.5 Å². The Morgan fingerprint density at radius 2 is 2.06 bits per heavy atom. The predicted molar refractivity (Wildman–Crippen MR) is 60.5 cm³/mol. The minimum Gasteiger partial charge on any atom is -0.479 e. The molecule has 0 aromatic heterocycles. The Labute approximate surface area is 98.7 Å². The highest BCUT2D eigenvalue weighted by Gasteiger charge is 2.25. The van der Waals surface area contributed by atoms with Gasteiger partial charge in [-0.25, -0.2) is 4.79 Å². The smallest absolute Gasteiger partial charge is 0.335 e. The molecule has 2 rings (SSSR count). The van der Waals surface area contributed by atoms with E-state index in [0.29, 0.717) is 12.1 Å². The zero-order valence-corrected chi connectivity index (χ0v) is 9.26. The second-order valence-corrected chi connectivity index (χ2v) is 4.18. The van der Waals surface area contributed by atoms with Gasteiger partial charge in [0.15, 0.2) is 6.10 Å². The highest BCUT2D eigenvalue weighted by atomic mass is 16.4. The summed E-state index contributed by atoms with van der Waals surface area (Å²) in [7, 11) is 0. The first kappa shape index (κ1) is 12.0. The number of nitrogens with one attached hydrogen (secondary N) is 1. The van der Waals surface area contributed by atoms with Crippen molar-refractivity contribution in [3.8, 4) is 0 Å². The van der Waals surface area contributed by atoms with Crippen LogP contribution >= 0.6 is 0 Å². The quantitative estimate of drug-likeness (QED) is 0.585. The maximum absolute atomic E-state index is 10.6. The van der Waals surface area contributed by atoms with Gasteiger partial charge in [-0.15, -0.1) is 0 Å². The topological polar surface area (TPSA) is 89.8 Å². The lowest BCUT2D eigenvalue weighted by atomic mass is 9.95. The number of carbonyl (C=O) groups is 1. The molecule has 0 aliphatic carbocycles. The molecule has 2 atom stereocenters. The number of carboxylic acids is 1. The summed E-state index contributed by atoms with van der Waals surface area (Å²) >= 11 is 0. The fraction of sp³-hybridized carbons (Fsp3) is 0.417. The van der Waals surface area contributed by atoms with Crippen LogP contribution < -0.4 is 5.32 Å². The van der Waals surface area contributed by atoms with Crippen LogP contribution in [0.1, 0.15) is 22.8 Å². The monoisotopic (exact) mass is 237 g/mol. The van der Waals surface area contributed by atoms with E-state index >= 15 is 0 Å². The summed E-state index contributed by atoms with van der Waals surface area (Å²) in [5.41, 5.74) is 2.68. The molecule has 2 unspecified atom stereocenters. The van der Waals surface area contributed by atoms with Crippen LogP contribution in [0.15, 0.2) is 18.2 Å². The van der Waals surface area contributed by atoms with Crippen LogP contribution in [-0.4, -0.2) is 33.9 Å². The average Bonchev–Trinajstić information content (AvgIpc) is 2.36. The third-order valence-corrected chi connectivity index (χ3v) is 3.01. The standard InChI is InChI=1S/C12H15NO4/c14-10(11(15)12(16)17)8-2-1-7-3-4-13-6-9(7)5-8/h1-2,5,10-11,13-15H,3-4,6H2,(H,16,17). The molecule has 0 saturated carbocycles. The summed E-state index contributed by atoms with van der Waals surface area (Å²) in [4.78, 5) is 10.6. The zero-order chi connectivity index (χ0) is 12.4. The number of hydrogen-bond donors (Lipinski definition) is 4. The predicted octanol–water partition coefficient (Wildman–Crippen LogP) is -0.189. The second-order valence-electron chi connectivity index (χ2n) is 4.18. The Morgan fingerprint density at radius 3 is 2.76 bits per heavy atom. The third-order valence-electron chi connectivity index (χ3n) is 3.01. The van der Waals surface area contributed by atoms with Gasteiger partial charge in [0, 0.05) is 6.54 Å². The molecule has 0 radical (unpaired) electrons. The molecule has 5 heteroatoms. The lowest BCUT2D eigenvalue weighted by Gasteiger charge is -2.20. The Bertz CT molecular complexity index is 433. The van der Waals surface area contributed by atoms with Crippen molar-refractivity contribution in [2.24, 2.45) is 0 Å². The van der Waals surface area contributed by atoms with E-state index in [4.69, 9.17) is 5.11 Å². The Morgan fingerprint density at radius 1 is 1.29 bits per heavy atom. The molecule has 0 spiro atoms. The van der Waals surface area contributed by atoms with E-state index in [-0.39, 0.29) is 0 Å². The van der Waals surface area contributed by atoms with Gasteiger partial charge in [-0.3, -0.25) is 0 Å². The number of rotatable bonds is 3. The Balaban J connectivity index is 2.24. The van der Waals surface area contributed by atoms with Crippen LogP contribution in [0, 0.1) is 0 Å². The Hall–Kier alpha value is -1.43. The van der Waals surface area contributed by atoms with E-state index < -0.39 is 18.2 Å². The first-order chi connectivity index (χ1) is 8.09. The zero-order valence-electron chi connectivity index (χ0n) is 9.26. The van der Waals surface area contributed by atoms with Crippen molar-refractivity contribution in [1.29, 1.82) is 0 Å². The molecule has 5 nitrogen and oxygen atoms in total. The molecule has 0 amide bonds.